The summed E-state index contributed by atoms with van der Waals surface area (Å²) in [6, 6.07) is 4.84. The molecule has 0 bridgehead atoms. The monoisotopic (exact) mass is 283 g/mol. The molecule has 84 valence electrons. The first-order valence-electron chi connectivity index (χ1n) is 4.93. The second-order valence-electron chi connectivity index (χ2n) is 4.03. The number of hydrogen-bond donors (Lipinski definition) is 0. The van der Waals surface area contributed by atoms with Crippen molar-refractivity contribution in [3.8, 4) is 0 Å². The van der Waals surface area contributed by atoms with E-state index in [0.29, 0.717) is 4.47 Å². The Hall–Kier alpha value is -1.23. The van der Waals surface area contributed by atoms with Gasteiger partial charge >= 0.3 is 0 Å². The molecule has 1 saturated carbocycles. The third-order valence-electron chi connectivity index (χ3n) is 3.11. The van der Waals surface area contributed by atoms with E-state index in [1.807, 2.05) is 0 Å². The number of hydrogen-bond acceptors (Lipinski definition) is 3. The average molecular weight is 284 g/mol. The maximum atomic E-state index is 11.6. The fourth-order valence-corrected chi connectivity index (χ4v) is 2.76. The Morgan fingerprint density at radius 2 is 2.12 bits per heavy atom. The van der Waals surface area contributed by atoms with Crippen LogP contribution in [-0.2, 0) is 10.2 Å². The zero-order valence-corrected chi connectivity index (χ0v) is 10.3. The van der Waals surface area contributed by atoms with Gasteiger partial charge in [-0.25, -0.2) is 0 Å². The minimum absolute atomic E-state index is 0.0185. The number of nitro benzene ring substituents is 1. The summed E-state index contributed by atoms with van der Waals surface area (Å²) >= 11 is 3.23. The number of carbonyl (C=O) groups excluding carboxylic acids is 1. The lowest BCUT2D eigenvalue weighted by Crippen LogP contribution is -2.17. The minimum Gasteiger partial charge on any atom is -0.299 e. The van der Waals surface area contributed by atoms with Crippen molar-refractivity contribution in [2.45, 2.75) is 25.2 Å². The van der Waals surface area contributed by atoms with Gasteiger partial charge in [0.1, 0.15) is 5.78 Å². The maximum absolute atomic E-state index is 11.6. The van der Waals surface area contributed by atoms with Gasteiger partial charge in [-0.05, 0) is 41.3 Å². The van der Waals surface area contributed by atoms with Crippen LogP contribution in [0.3, 0.4) is 0 Å². The molecular formula is C11H10BrNO3. The summed E-state index contributed by atoms with van der Waals surface area (Å²) in [6.07, 6.45) is 1.56. The van der Waals surface area contributed by atoms with Crippen LogP contribution >= 0.6 is 15.9 Å². The van der Waals surface area contributed by atoms with E-state index < -0.39 is 10.3 Å². The van der Waals surface area contributed by atoms with Crippen molar-refractivity contribution < 1.29 is 9.72 Å². The van der Waals surface area contributed by atoms with Crippen LogP contribution in [0.25, 0.3) is 0 Å². The van der Waals surface area contributed by atoms with Crippen molar-refractivity contribution in [3.05, 3.63) is 38.3 Å². The maximum Gasteiger partial charge on any atom is 0.283 e. The molecule has 16 heavy (non-hydrogen) atoms. The highest BCUT2D eigenvalue weighted by atomic mass is 79.9. The second-order valence-corrected chi connectivity index (χ2v) is 4.83. The van der Waals surface area contributed by atoms with Crippen LogP contribution in [0.1, 0.15) is 25.3 Å². The minimum atomic E-state index is -0.481. The summed E-state index contributed by atoms with van der Waals surface area (Å²) in [5.41, 5.74) is 0.282. The molecule has 1 aromatic carbocycles. The molecule has 0 amide bonds. The molecule has 1 aliphatic carbocycles. The molecule has 0 heterocycles. The molecule has 0 spiro atoms. The van der Waals surface area contributed by atoms with Crippen LogP contribution in [0, 0.1) is 10.1 Å². The van der Waals surface area contributed by atoms with Crippen LogP contribution < -0.4 is 0 Å². The summed E-state index contributed by atoms with van der Waals surface area (Å²) < 4.78 is 0.438. The molecule has 0 radical (unpaired) electrons. The summed E-state index contributed by atoms with van der Waals surface area (Å²) in [5, 5.41) is 10.8. The molecule has 0 aliphatic heterocycles. The number of nitro groups is 1. The molecule has 2 rings (SSSR count). The van der Waals surface area contributed by atoms with Gasteiger partial charge in [-0.1, -0.05) is 12.1 Å². The van der Waals surface area contributed by atoms with Crippen molar-refractivity contribution >= 4 is 27.4 Å². The third kappa shape index (κ3) is 1.55. The summed E-state index contributed by atoms with van der Waals surface area (Å²) in [6.45, 7) is 1.54. The summed E-state index contributed by atoms with van der Waals surface area (Å²) in [4.78, 5) is 21.9. The van der Waals surface area contributed by atoms with Gasteiger partial charge < -0.3 is 0 Å². The fourth-order valence-electron chi connectivity index (χ4n) is 1.97. The highest BCUT2D eigenvalue weighted by Gasteiger charge is 2.50. The van der Waals surface area contributed by atoms with Gasteiger partial charge in [-0.3, -0.25) is 14.9 Å². The smallest absolute Gasteiger partial charge is 0.283 e. The molecule has 0 unspecified atom stereocenters. The van der Waals surface area contributed by atoms with Crippen molar-refractivity contribution in [1.82, 2.24) is 0 Å². The lowest BCUT2D eigenvalue weighted by Gasteiger charge is -2.13. The molecular weight excluding hydrogens is 274 g/mol. The van der Waals surface area contributed by atoms with E-state index in [-0.39, 0.29) is 11.5 Å². The van der Waals surface area contributed by atoms with Crippen LogP contribution in [0.2, 0.25) is 0 Å². The Morgan fingerprint density at radius 1 is 1.50 bits per heavy atom. The van der Waals surface area contributed by atoms with Crippen LogP contribution in [-0.4, -0.2) is 10.7 Å². The van der Waals surface area contributed by atoms with E-state index in [4.69, 9.17) is 0 Å². The fraction of sp³-hybridized carbons (Fsp3) is 0.364. The van der Waals surface area contributed by atoms with E-state index >= 15 is 0 Å². The first-order valence-corrected chi connectivity index (χ1v) is 5.73. The molecule has 4 nitrogen and oxygen atoms in total. The number of Topliss-reactive ketones (excluding diaryl/α,β-unsaturated/α-hetero) is 1. The SMILES string of the molecule is CC(=O)C1(c2cccc([N+](=O)[O-])c2Br)CC1. The predicted octanol–water partition coefficient (Wildman–Crippen LogP) is 2.98. The molecule has 1 aliphatic rings. The highest BCUT2D eigenvalue weighted by Crippen LogP contribution is 2.52. The second kappa shape index (κ2) is 3.66. The van der Waals surface area contributed by atoms with Crippen molar-refractivity contribution in [2.24, 2.45) is 0 Å². The van der Waals surface area contributed by atoms with Crippen LogP contribution in [0.4, 0.5) is 5.69 Å². The van der Waals surface area contributed by atoms with Gasteiger partial charge in [0.05, 0.1) is 14.8 Å². The van der Waals surface area contributed by atoms with Gasteiger partial charge in [-0.2, -0.15) is 0 Å². The van der Waals surface area contributed by atoms with Gasteiger partial charge in [0, 0.05) is 6.07 Å². The number of nitrogens with zero attached hydrogens (tertiary/aromatic N) is 1. The molecule has 0 aromatic heterocycles. The molecule has 0 N–H and O–H groups in total. The lowest BCUT2D eigenvalue weighted by atomic mass is 9.92. The molecule has 0 saturated heterocycles. The average Bonchev–Trinajstić information content (AvgIpc) is 2.98. The Bertz CT molecular complexity index is 480. The van der Waals surface area contributed by atoms with E-state index in [9.17, 15) is 14.9 Å². The summed E-state index contributed by atoms with van der Waals surface area (Å²) in [5.74, 6) is 0.0775. The molecule has 0 atom stereocenters. The largest absolute Gasteiger partial charge is 0.299 e. The number of rotatable bonds is 3. The normalized spacial score (nSPS) is 16.9. The first kappa shape index (κ1) is 11.3. The summed E-state index contributed by atoms with van der Waals surface area (Å²) in [7, 11) is 0. The highest BCUT2D eigenvalue weighted by molar-refractivity contribution is 9.10. The topological polar surface area (TPSA) is 60.2 Å². The van der Waals surface area contributed by atoms with Gasteiger partial charge in [0.2, 0.25) is 0 Å². The van der Waals surface area contributed by atoms with Gasteiger partial charge in [-0.15, -0.1) is 0 Å². The zero-order valence-electron chi connectivity index (χ0n) is 8.70. The van der Waals surface area contributed by atoms with Gasteiger partial charge in [0.15, 0.2) is 0 Å². The number of ketones is 1. The Morgan fingerprint density at radius 3 is 2.56 bits per heavy atom. The third-order valence-corrected chi connectivity index (χ3v) is 3.95. The van der Waals surface area contributed by atoms with Crippen molar-refractivity contribution in [3.63, 3.8) is 0 Å². The van der Waals surface area contributed by atoms with Gasteiger partial charge in [0.25, 0.3) is 5.69 Å². The zero-order chi connectivity index (χ0) is 11.9. The predicted molar refractivity (Wildman–Crippen MR) is 62.4 cm³/mol. The Labute approximate surface area is 101 Å². The lowest BCUT2D eigenvalue weighted by molar-refractivity contribution is -0.385. The quantitative estimate of drug-likeness (QED) is 0.633. The number of halogens is 1. The molecule has 5 heteroatoms. The first-order chi connectivity index (χ1) is 7.49. The number of benzene rings is 1. The standard InChI is InChI=1S/C11H10BrNO3/c1-7(14)11(5-6-11)8-3-2-4-9(10(8)12)13(15)16/h2-4H,5-6H2,1H3. The van der Waals surface area contributed by atoms with Crippen molar-refractivity contribution in [2.75, 3.05) is 0 Å². The van der Waals surface area contributed by atoms with Crippen LogP contribution in [0.5, 0.6) is 0 Å². The number of carbonyl (C=O) groups is 1. The van der Waals surface area contributed by atoms with E-state index in [2.05, 4.69) is 15.9 Å². The Kier molecular flexibility index (Phi) is 2.58. The van der Waals surface area contributed by atoms with Crippen molar-refractivity contribution in [1.29, 1.82) is 0 Å². The van der Waals surface area contributed by atoms with E-state index in [1.54, 1.807) is 12.1 Å². The Balaban J connectivity index is 2.55. The van der Waals surface area contributed by atoms with E-state index in [0.717, 1.165) is 18.4 Å². The van der Waals surface area contributed by atoms with Crippen LogP contribution in [0.15, 0.2) is 22.7 Å². The van der Waals surface area contributed by atoms with E-state index in [1.165, 1.54) is 13.0 Å². The molecule has 1 aromatic rings. The molecule has 1 fully saturated rings.